The zero-order valence-corrected chi connectivity index (χ0v) is 21.4. The van der Waals surface area contributed by atoms with E-state index in [1.165, 1.54) is 18.4 Å². The van der Waals surface area contributed by atoms with Crippen molar-refractivity contribution in [3.8, 4) is 28.1 Å². The third kappa shape index (κ3) is 4.39. The Morgan fingerprint density at radius 2 is 1.89 bits per heavy atom. The number of alkyl halides is 3. The smallest absolute Gasteiger partial charge is 0.294 e. The first-order valence-electron chi connectivity index (χ1n) is 11.4. The fourth-order valence-corrected chi connectivity index (χ4v) is 5.98. The number of fused-ring (bicyclic) bond motifs is 2. The molecular weight excluding hydrogens is 529 g/mol. The third-order valence-electron chi connectivity index (χ3n) is 6.39. The number of nitrogens with zero attached hydrogens (tertiary/aromatic N) is 4. The van der Waals surface area contributed by atoms with Crippen LogP contribution in [0.3, 0.4) is 0 Å². The van der Waals surface area contributed by atoms with Crippen LogP contribution in [0.5, 0.6) is 16.7 Å². The predicted octanol–water partition coefficient (Wildman–Crippen LogP) is 6.63. The number of thiazole rings is 1. The van der Waals surface area contributed by atoms with E-state index in [1.807, 2.05) is 6.07 Å². The Morgan fingerprint density at radius 1 is 1.08 bits per heavy atom. The maximum absolute atomic E-state index is 15.3. The second-order valence-corrected chi connectivity index (χ2v) is 10.6. The van der Waals surface area contributed by atoms with Crippen molar-refractivity contribution in [3.05, 3.63) is 40.5 Å². The maximum atomic E-state index is 15.3. The molecule has 4 aromatic heterocycles. The Kier molecular flexibility index (Phi) is 5.79. The molecule has 1 aliphatic carbocycles. The highest BCUT2D eigenvalue weighted by Gasteiger charge is 2.46. The van der Waals surface area contributed by atoms with Gasteiger partial charge in [0.15, 0.2) is 11.4 Å². The third-order valence-corrected chi connectivity index (χ3v) is 8.34. The van der Waals surface area contributed by atoms with Gasteiger partial charge in [-0.2, -0.15) is 4.52 Å². The first kappa shape index (κ1) is 24.0. The number of halogens is 3. The standard InChI is InChI=1S/C24H21F3N4O4S2/c1-32-14-7-17(34-11-13-12-36-20(29-13)23(25)3-5-24(26,27)6-4-23)15-9-19(35-18(15)8-14)16-10-28-21-31(16)30-22(33-2)37-21/h7-10,12H,3-6,11H2,1-2H3. The summed E-state index contributed by atoms with van der Waals surface area (Å²) in [5.41, 5.74) is -0.138. The van der Waals surface area contributed by atoms with Crippen LogP contribution in [0.1, 0.15) is 36.4 Å². The molecule has 0 N–H and O–H groups in total. The maximum Gasteiger partial charge on any atom is 0.294 e. The van der Waals surface area contributed by atoms with Gasteiger partial charge in [0.05, 0.1) is 31.5 Å². The number of methoxy groups -OCH3 is 2. The minimum atomic E-state index is -2.81. The van der Waals surface area contributed by atoms with Crippen LogP contribution in [0.15, 0.2) is 34.2 Å². The van der Waals surface area contributed by atoms with Crippen molar-refractivity contribution in [1.82, 2.24) is 19.6 Å². The van der Waals surface area contributed by atoms with Crippen LogP contribution in [-0.2, 0) is 12.3 Å². The second-order valence-electron chi connectivity index (χ2n) is 8.81. The van der Waals surface area contributed by atoms with Gasteiger partial charge in [0.25, 0.3) is 5.19 Å². The van der Waals surface area contributed by atoms with Crippen LogP contribution >= 0.6 is 22.7 Å². The van der Waals surface area contributed by atoms with Crippen LogP contribution in [0.25, 0.3) is 27.4 Å². The number of aromatic nitrogens is 4. The molecule has 37 heavy (non-hydrogen) atoms. The average Bonchev–Trinajstić information content (AvgIpc) is 3.67. The van der Waals surface area contributed by atoms with E-state index in [0.29, 0.717) is 49.8 Å². The van der Waals surface area contributed by atoms with Gasteiger partial charge < -0.3 is 18.6 Å². The summed E-state index contributed by atoms with van der Waals surface area (Å²) < 4.78 is 66.8. The summed E-state index contributed by atoms with van der Waals surface area (Å²) in [5, 5.41) is 7.46. The predicted molar refractivity (Wildman–Crippen MR) is 132 cm³/mol. The molecule has 0 amide bonds. The molecule has 0 unspecified atom stereocenters. The van der Waals surface area contributed by atoms with Gasteiger partial charge >= 0.3 is 0 Å². The summed E-state index contributed by atoms with van der Waals surface area (Å²) >= 11 is 2.44. The van der Waals surface area contributed by atoms with Gasteiger partial charge in [-0.25, -0.2) is 23.1 Å². The van der Waals surface area contributed by atoms with Gasteiger partial charge in [0, 0.05) is 30.4 Å². The molecule has 6 rings (SSSR count). The summed E-state index contributed by atoms with van der Waals surface area (Å²) in [7, 11) is 3.08. The zero-order chi connectivity index (χ0) is 25.8. The summed E-state index contributed by atoms with van der Waals surface area (Å²) in [6, 6.07) is 5.30. The molecule has 1 fully saturated rings. The highest BCUT2D eigenvalue weighted by molar-refractivity contribution is 7.18. The lowest BCUT2D eigenvalue weighted by Crippen LogP contribution is -2.33. The number of imidazole rings is 1. The molecule has 0 spiro atoms. The highest BCUT2D eigenvalue weighted by Crippen LogP contribution is 2.47. The fourth-order valence-electron chi connectivity index (χ4n) is 4.33. The molecule has 1 saturated carbocycles. The molecule has 1 aliphatic rings. The number of rotatable bonds is 7. The van der Waals surface area contributed by atoms with Crippen molar-refractivity contribution in [2.75, 3.05) is 14.2 Å². The summed E-state index contributed by atoms with van der Waals surface area (Å²) in [6.07, 6.45) is 0.232. The number of benzene rings is 1. The quantitative estimate of drug-likeness (QED) is 0.225. The highest BCUT2D eigenvalue weighted by atomic mass is 32.1. The molecule has 0 atom stereocenters. The van der Waals surface area contributed by atoms with Crippen LogP contribution in [-0.4, -0.2) is 39.7 Å². The largest absolute Gasteiger partial charge is 0.496 e. The molecule has 0 radical (unpaired) electrons. The van der Waals surface area contributed by atoms with Gasteiger partial charge in [-0.15, -0.1) is 16.4 Å². The zero-order valence-electron chi connectivity index (χ0n) is 19.8. The molecule has 4 heterocycles. The minimum Gasteiger partial charge on any atom is -0.496 e. The topological polar surface area (TPSA) is 83.9 Å². The van der Waals surface area contributed by atoms with Crippen molar-refractivity contribution >= 4 is 38.6 Å². The monoisotopic (exact) mass is 550 g/mol. The van der Waals surface area contributed by atoms with E-state index in [4.69, 9.17) is 18.6 Å². The van der Waals surface area contributed by atoms with E-state index >= 15 is 4.39 Å². The van der Waals surface area contributed by atoms with Gasteiger partial charge in [-0.3, -0.25) is 0 Å². The van der Waals surface area contributed by atoms with E-state index in [0.717, 1.165) is 11.3 Å². The van der Waals surface area contributed by atoms with Crippen LogP contribution < -0.4 is 14.2 Å². The van der Waals surface area contributed by atoms with E-state index in [2.05, 4.69) is 15.1 Å². The van der Waals surface area contributed by atoms with Crippen LogP contribution in [0.2, 0.25) is 0 Å². The summed E-state index contributed by atoms with van der Waals surface area (Å²) in [5.74, 6) is -1.27. The van der Waals surface area contributed by atoms with Crippen molar-refractivity contribution < 1.29 is 31.8 Å². The molecular formula is C24H21F3N4O4S2. The second kappa shape index (κ2) is 8.91. The SMILES string of the molecule is COc1cc(OCc2csc(C3(F)CCC(F)(F)CC3)n2)c2cc(-c3cnc4sc(OC)nn34)oc2c1. The van der Waals surface area contributed by atoms with Crippen LogP contribution in [0, 0.1) is 0 Å². The molecule has 194 valence electrons. The Labute approximate surface area is 216 Å². The van der Waals surface area contributed by atoms with Gasteiger partial charge in [-0.1, -0.05) is 0 Å². The van der Waals surface area contributed by atoms with Crippen molar-refractivity contribution in [1.29, 1.82) is 0 Å². The Hall–Kier alpha value is -3.32. The molecule has 5 aromatic rings. The molecule has 13 heteroatoms. The Balaban J connectivity index is 1.27. The fraction of sp³-hybridized carbons (Fsp3) is 0.375. The van der Waals surface area contributed by atoms with Crippen molar-refractivity contribution in [2.45, 2.75) is 43.9 Å². The van der Waals surface area contributed by atoms with E-state index in [9.17, 15) is 8.78 Å². The van der Waals surface area contributed by atoms with Gasteiger partial charge in [0.2, 0.25) is 10.9 Å². The van der Waals surface area contributed by atoms with E-state index < -0.39 is 24.4 Å². The number of furan rings is 1. The minimum absolute atomic E-state index is 0.0612. The first-order chi connectivity index (χ1) is 17.8. The van der Waals surface area contributed by atoms with Crippen molar-refractivity contribution in [2.24, 2.45) is 0 Å². The lowest BCUT2D eigenvalue weighted by molar-refractivity contribution is -0.0775. The number of hydrogen-bond acceptors (Lipinski definition) is 9. The molecule has 0 bridgehead atoms. The lowest BCUT2D eigenvalue weighted by atomic mass is 9.84. The lowest BCUT2D eigenvalue weighted by Gasteiger charge is -2.32. The molecule has 1 aromatic carbocycles. The van der Waals surface area contributed by atoms with Crippen molar-refractivity contribution in [3.63, 3.8) is 0 Å². The van der Waals surface area contributed by atoms with Crippen LogP contribution in [0.4, 0.5) is 13.2 Å². The number of ether oxygens (including phenoxy) is 3. The Morgan fingerprint density at radius 3 is 2.65 bits per heavy atom. The summed E-state index contributed by atoms with van der Waals surface area (Å²) in [6.45, 7) is 0.0612. The normalized spacial score (nSPS) is 16.9. The van der Waals surface area contributed by atoms with E-state index in [1.54, 1.807) is 35.3 Å². The molecule has 8 nitrogen and oxygen atoms in total. The Bertz CT molecular complexity index is 1580. The average molecular weight is 551 g/mol. The van der Waals surface area contributed by atoms with Gasteiger partial charge in [-0.05, 0) is 30.2 Å². The number of hydrogen-bond donors (Lipinski definition) is 0. The summed E-state index contributed by atoms with van der Waals surface area (Å²) in [4.78, 5) is 9.39. The van der Waals surface area contributed by atoms with Gasteiger partial charge in [0.1, 0.15) is 34.4 Å². The molecule has 0 saturated heterocycles. The first-order valence-corrected chi connectivity index (χ1v) is 13.1. The molecule has 0 aliphatic heterocycles. The van der Waals surface area contributed by atoms with E-state index in [-0.39, 0.29) is 24.5 Å².